The van der Waals surface area contributed by atoms with Crippen molar-refractivity contribution in [2.45, 2.75) is 71.6 Å². The summed E-state index contributed by atoms with van der Waals surface area (Å²) in [6, 6.07) is 12.5. The topological polar surface area (TPSA) is 137 Å². The molecule has 1 aliphatic rings. The summed E-state index contributed by atoms with van der Waals surface area (Å²) in [6.45, 7) is 8.64. The number of esters is 1. The van der Waals surface area contributed by atoms with Gasteiger partial charge in [0, 0.05) is 18.8 Å². The Balaban J connectivity index is 1.31. The second-order valence-electron chi connectivity index (χ2n) is 11.1. The molecule has 11 nitrogen and oxygen atoms in total. The molecule has 0 aliphatic carbocycles. The van der Waals surface area contributed by atoms with Crippen molar-refractivity contribution in [1.82, 2.24) is 20.3 Å². The number of ether oxygens (including phenoxy) is 3. The summed E-state index contributed by atoms with van der Waals surface area (Å²) < 4.78 is 16.8. The van der Waals surface area contributed by atoms with Gasteiger partial charge >= 0.3 is 12.1 Å². The molecule has 4 rings (SSSR count). The van der Waals surface area contributed by atoms with E-state index in [9.17, 15) is 9.59 Å². The highest BCUT2D eigenvalue weighted by molar-refractivity contribution is 5.82. The van der Waals surface area contributed by atoms with Gasteiger partial charge in [0.05, 0.1) is 12.2 Å². The first-order valence-corrected chi connectivity index (χ1v) is 14.3. The zero-order valence-corrected chi connectivity index (χ0v) is 24.7. The number of anilines is 2. The fourth-order valence-electron chi connectivity index (χ4n) is 4.36. The molecule has 0 spiro atoms. The van der Waals surface area contributed by atoms with Gasteiger partial charge in [-0.1, -0.05) is 36.4 Å². The molecule has 0 bridgehead atoms. The van der Waals surface area contributed by atoms with Gasteiger partial charge in [-0.15, -0.1) is 0 Å². The van der Waals surface area contributed by atoms with Crippen LogP contribution in [0.15, 0.2) is 48.8 Å². The molecular weight excluding hydrogens is 536 g/mol. The van der Waals surface area contributed by atoms with Gasteiger partial charge in [-0.05, 0) is 70.6 Å². The van der Waals surface area contributed by atoms with E-state index in [1.165, 1.54) is 11.9 Å². The molecule has 1 aromatic carbocycles. The highest BCUT2D eigenvalue weighted by Crippen LogP contribution is 2.22. The Morgan fingerprint density at radius 3 is 2.69 bits per heavy atom. The lowest BCUT2D eigenvalue weighted by Gasteiger charge is -2.25. The molecule has 11 heteroatoms. The number of fused-ring (bicyclic) bond motifs is 1. The third-order valence-corrected chi connectivity index (χ3v) is 6.48. The summed E-state index contributed by atoms with van der Waals surface area (Å²) in [5.41, 5.74) is 3.08. The first-order valence-electron chi connectivity index (χ1n) is 14.3. The number of alkyl carbamates (subject to hydrolysis) is 1. The molecule has 1 unspecified atom stereocenters. The van der Waals surface area contributed by atoms with Crippen molar-refractivity contribution in [1.29, 1.82) is 0 Å². The number of aryl methyl sites for hydroxylation is 2. The van der Waals surface area contributed by atoms with E-state index in [1.807, 2.05) is 37.3 Å². The predicted octanol–water partition coefficient (Wildman–Crippen LogP) is 4.60. The number of hydrogen-bond donors (Lipinski definition) is 3. The van der Waals surface area contributed by atoms with Gasteiger partial charge in [0.1, 0.15) is 36.2 Å². The molecule has 3 aromatic rings. The molecule has 3 N–H and O–H groups in total. The molecule has 0 saturated carbocycles. The highest BCUT2D eigenvalue weighted by atomic mass is 16.6. The maximum Gasteiger partial charge on any atom is 0.408 e. The fraction of sp³-hybridized carbons (Fsp3) is 0.452. The highest BCUT2D eigenvalue weighted by Gasteiger charge is 2.27. The maximum absolute atomic E-state index is 12.9. The zero-order valence-electron chi connectivity index (χ0n) is 24.7. The number of pyridine rings is 1. The average molecular weight is 577 g/mol. The standard InChI is InChI=1S/C31H40N6O5/c1-21-26(34-20-35-28(21)40-17-9-13-24-15-14-23-12-8-16-32-27(23)36-24)33-18-25(29(38)42-31(2,3)4)37-30(39)41-19-22-10-6-5-7-11-22/h5-7,10-11,14-15,20,25H,8-9,12-13,16-19H2,1-4H3,(H,32,36)(H,37,39)(H,33,34,35). The van der Waals surface area contributed by atoms with Crippen molar-refractivity contribution in [3.63, 3.8) is 0 Å². The van der Waals surface area contributed by atoms with E-state index in [0.29, 0.717) is 23.9 Å². The molecule has 0 radical (unpaired) electrons. The van der Waals surface area contributed by atoms with Gasteiger partial charge in [-0.25, -0.2) is 24.5 Å². The molecule has 1 atom stereocenters. The van der Waals surface area contributed by atoms with E-state index in [0.717, 1.165) is 49.3 Å². The van der Waals surface area contributed by atoms with Crippen LogP contribution in [-0.4, -0.2) is 58.4 Å². The van der Waals surface area contributed by atoms with Crippen LogP contribution in [0.4, 0.5) is 16.4 Å². The summed E-state index contributed by atoms with van der Waals surface area (Å²) in [5, 5.41) is 9.10. The molecule has 0 fully saturated rings. The number of nitrogens with zero attached hydrogens (tertiary/aromatic N) is 3. The molecule has 0 saturated heterocycles. The number of carbonyl (C=O) groups is 2. The Kier molecular flexibility index (Phi) is 10.5. The summed E-state index contributed by atoms with van der Waals surface area (Å²) in [6.07, 6.45) is 4.42. The van der Waals surface area contributed by atoms with Gasteiger partial charge in [0.2, 0.25) is 5.88 Å². The van der Waals surface area contributed by atoms with Crippen LogP contribution in [-0.2, 0) is 33.7 Å². The van der Waals surface area contributed by atoms with Gasteiger partial charge in [0.15, 0.2) is 0 Å². The lowest BCUT2D eigenvalue weighted by atomic mass is 10.1. The number of aromatic nitrogens is 3. The molecule has 1 amide bonds. The average Bonchev–Trinajstić information content (AvgIpc) is 2.97. The van der Waals surface area contributed by atoms with Crippen molar-refractivity contribution in [2.24, 2.45) is 0 Å². The summed E-state index contributed by atoms with van der Waals surface area (Å²) in [7, 11) is 0. The van der Waals surface area contributed by atoms with Crippen LogP contribution in [0.1, 0.15) is 56.0 Å². The van der Waals surface area contributed by atoms with Gasteiger partial charge in [-0.3, -0.25) is 0 Å². The Hall–Kier alpha value is -4.41. The van der Waals surface area contributed by atoms with E-state index >= 15 is 0 Å². The maximum atomic E-state index is 12.9. The van der Waals surface area contributed by atoms with Crippen molar-refractivity contribution in [3.8, 4) is 5.88 Å². The minimum atomic E-state index is -1.02. The van der Waals surface area contributed by atoms with Crippen LogP contribution in [0, 0.1) is 6.92 Å². The predicted molar refractivity (Wildman–Crippen MR) is 160 cm³/mol. The lowest BCUT2D eigenvalue weighted by Crippen LogP contribution is -2.48. The molecule has 42 heavy (non-hydrogen) atoms. The van der Waals surface area contributed by atoms with Crippen molar-refractivity contribution >= 4 is 23.7 Å². The van der Waals surface area contributed by atoms with E-state index in [2.05, 4.69) is 38.1 Å². The van der Waals surface area contributed by atoms with Gasteiger partial charge in [0.25, 0.3) is 0 Å². The Bertz CT molecular complexity index is 1350. The van der Waals surface area contributed by atoms with Crippen LogP contribution in [0.3, 0.4) is 0 Å². The Morgan fingerprint density at radius 1 is 1.10 bits per heavy atom. The Labute approximate surface area is 246 Å². The van der Waals surface area contributed by atoms with E-state index in [4.69, 9.17) is 19.2 Å². The van der Waals surface area contributed by atoms with Crippen LogP contribution in [0.5, 0.6) is 5.88 Å². The SMILES string of the molecule is Cc1c(NCC(NC(=O)OCc2ccccc2)C(=O)OC(C)(C)C)ncnc1OCCCc1ccc2c(n1)NCCC2. The molecule has 1 aliphatic heterocycles. The number of benzene rings is 1. The van der Waals surface area contributed by atoms with Crippen molar-refractivity contribution < 1.29 is 23.8 Å². The third-order valence-electron chi connectivity index (χ3n) is 6.48. The van der Waals surface area contributed by atoms with Crippen LogP contribution < -0.4 is 20.7 Å². The first-order chi connectivity index (χ1) is 20.2. The largest absolute Gasteiger partial charge is 0.477 e. The number of carbonyl (C=O) groups excluding carboxylic acids is 2. The van der Waals surface area contributed by atoms with Crippen LogP contribution >= 0.6 is 0 Å². The van der Waals surface area contributed by atoms with Gasteiger partial charge in [-0.2, -0.15) is 0 Å². The zero-order chi connectivity index (χ0) is 30.0. The smallest absolute Gasteiger partial charge is 0.408 e. The molecule has 224 valence electrons. The van der Waals surface area contributed by atoms with Crippen LogP contribution in [0.2, 0.25) is 0 Å². The number of amides is 1. The van der Waals surface area contributed by atoms with E-state index in [1.54, 1.807) is 20.8 Å². The monoisotopic (exact) mass is 576 g/mol. The van der Waals surface area contributed by atoms with Crippen LogP contribution in [0.25, 0.3) is 0 Å². The number of rotatable bonds is 12. The minimum absolute atomic E-state index is 0.0185. The number of nitrogens with one attached hydrogen (secondary N) is 3. The van der Waals surface area contributed by atoms with Gasteiger partial charge < -0.3 is 30.2 Å². The van der Waals surface area contributed by atoms with E-state index < -0.39 is 23.7 Å². The summed E-state index contributed by atoms with van der Waals surface area (Å²) in [4.78, 5) is 38.7. The normalized spacial score (nSPS) is 13.2. The van der Waals surface area contributed by atoms with Crippen molar-refractivity contribution in [3.05, 3.63) is 71.2 Å². The number of hydrogen-bond acceptors (Lipinski definition) is 10. The second kappa shape index (κ2) is 14.5. The quantitative estimate of drug-likeness (QED) is 0.207. The second-order valence-corrected chi connectivity index (χ2v) is 11.1. The summed E-state index contributed by atoms with van der Waals surface area (Å²) in [5.74, 6) is 1.32. The summed E-state index contributed by atoms with van der Waals surface area (Å²) >= 11 is 0. The van der Waals surface area contributed by atoms with Crippen molar-refractivity contribution in [2.75, 3.05) is 30.3 Å². The minimum Gasteiger partial charge on any atom is -0.477 e. The third kappa shape index (κ3) is 9.32. The Morgan fingerprint density at radius 2 is 1.90 bits per heavy atom. The molecule has 2 aromatic heterocycles. The lowest BCUT2D eigenvalue weighted by molar-refractivity contribution is -0.156. The fourth-order valence-corrected chi connectivity index (χ4v) is 4.36. The molecular formula is C31H40N6O5. The first kappa shape index (κ1) is 30.5. The van der Waals surface area contributed by atoms with E-state index in [-0.39, 0.29) is 13.2 Å². The molecule has 3 heterocycles.